The fraction of sp³-hybridized carbons (Fsp3) is 0. The molecule has 0 radical (unpaired) electrons. The minimum absolute atomic E-state index is 0.0896. The molecule has 0 heterocycles. The van der Waals surface area contributed by atoms with E-state index in [9.17, 15) is 23.6 Å². The molecule has 0 saturated heterocycles. The van der Waals surface area contributed by atoms with Crippen LogP contribution in [0.4, 0.5) is 11.4 Å². The van der Waals surface area contributed by atoms with E-state index >= 15 is 0 Å². The first kappa shape index (κ1) is 14.6. The molecule has 0 atom stereocenters. The summed E-state index contributed by atoms with van der Waals surface area (Å²) in [6.45, 7) is 0. The molecule has 9 heteroatoms. The molecule has 8 nitrogen and oxygen atoms in total. The zero-order chi connectivity index (χ0) is 15.6. The van der Waals surface area contributed by atoms with Crippen molar-refractivity contribution in [3.63, 3.8) is 0 Å². The molecule has 0 aliphatic heterocycles. The number of phenolic OH excluding ortho intramolecular Hbond substituents is 1. The van der Waals surface area contributed by atoms with Crippen LogP contribution in [0.1, 0.15) is 0 Å². The van der Waals surface area contributed by atoms with Gasteiger partial charge in [0.15, 0.2) is 11.5 Å². The van der Waals surface area contributed by atoms with Crippen LogP contribution < -0.4 is 9.92 Å². The van der Waals surface area contributed by atoms with Gasteiger partial charge in [-0.3, -0.25) is 10.1 Å². The van der Waals surface area contributed by atoms with Crippen LogP contribution in [-0.4, -0.2) is 18.4 Å². The second-order valence-corrected chi connectivity index (χ2v) is 5.53. The van der Waals surface area contributed by atoms with Gasteiger partial charge in [0.2, 0.25) is 0 Å². The van der Waals surface area contributed by atoms with E-state index in [1.165, 1.54) is 18.2 Å². The van der Waals surface area contributed by atoms with Crippen LogP contribution in [-0.2, 0) is 10.1 Å². The summed E-state index contributed by atoms with van der Waals surface area (Å²) in [5.74, 6) is -0.730. The van der Waals surface area contributed by atoms with Crippen molar-refractivity contribution in [1.29, 1.82) is 0 Å². The van der Waals surface area contributed by atoms with Crippen LogP contribution in [0.25, 0.3) is 0 Å². The second-order valence-electron chi connectivity index (χ2n) is 3.98. The number of hydrogen-bond acceptors (Lipinski definition) is 7. The van der Waals surface area contributed by atoms with Gasteiger partial charge in [0, 0.05) is 6.07 Å². The Bertz CT molecular complexity index is 803. The molecule has 2 aromatic rings. The highest BCUT2D eigenvalue weighted by Crippen LogP contribution is 2.30. The molecule has 0 unspecified atom stereocenters. The Labute approximate surface area is 119 Å². The Balaban J connectivity index is 2.43. The number of rotatable bonds is 4. The molecule has 0 saturated carbocycles. The lowest BCUT2D eigenvalue weighted by molar-refractivity contribution is -0.386. The molecule has 0 fully saturated rings. The maximum atomic E-state index is 12.1. The topological polar surface area (TPSA) is 133 Å². The Morgan fingerprint density at radius 2 is 1.86 bits per heavy atom. The maximum Gasteiger partial charge on any atom is 0.339 e. The quantitative estimate of drug-likeness (QED) is 0.379. The minimum Gasteiger partial charge on any atom is -0.502 e. The van der Waals surface area contributed by atoms with Crippen molar-refractivity contribution in [2.24, 2.45) is 0 Å². The van der Waals surface area contributed by atoms with Crippen molar-refractivity contribution in [3.05, 3.63) is 52.6 Å². The van der Waals surface area contributed by atoms with Gasteiger partial charge in [-0.05, 0) is 24.3 Å². The predicted octanol–water partition coefficient (Wildman–Crippen LogP) is 1.65. The Morgan fingerprint density at radius 1 is 1.19 bits per heavy atom. The van der Waals surface area contributed by atoms with Crippen molar-refractivity contribution in [3.8, 4) is 11.5 Å². The van der Waals surface area contributed by atoms with Crippen molar-refractivity contribution in [2.75, 3.05) is 5.73 Å². The smallest absolute Gasteiger partial charge is 0.339 e. The molecule has 0 bridgehead atoms. The molecule has 2 rings (SSSR count). The van der Waals surface area contributed by atoms with Crippen LogP contribution in [0.3, 0.4) is 0 Å². The van der Waals surface area contributed by atoms with Gasteiger partial charge in [-0.15, -0.1) is 0 Å². The summed E-state index contributed by atoms with van der Waals surface area (Å²) in [6, 6.07) is 8.54. The number of benzene rings is 2. The monoisotopic (exact) mass is 310 g/mol. The van der Waals surface area contributed by atoms with E-state index in [4.69, 9.17) is 9.92 Å². The molecule has 110 valence electrons. The Morgan fingerprint density at radius 3 is 2.48 bits per heavy atom. The maximum absolute atomic E-state index is 12.1. The van der Waals surface area contributed by atoms with Crippen LogP contribution >= 0.6 is 0 Å². The summed E-state index contributed by atoms with van der Waals surface area (Å²) in [7, 11) is -4.30. The molecular weight excluding hydrogens is 300 g/mol. The zero-order valence-corrected chi connectivity index (χ0v) is 11.3. The van der Waals surface area contributed by atoms with E-state index in [1.807, 2.05) is 0 Å². The third kappa shape index (κ3) is 3.03. The van der Waals surface area contributed by atoms with Gasteiger partial charge >= 0.3 is 15.8 Å². The van der Waals surface area contributed by atoms with Crippen molar-refractivity contribution >= 4 is 21.5 Å². The summed E-state index contributed by atoms with van der Waals surface area (Å²) in [6.07, 6.45) is 0. The number of nitrogens with two attached hydrogens (primary N) is 1. The van der Waals surface area contributed by atoms with Gasteiger partial charge < -0.3 is 15.0 Å². The normalized spacial score (nSPS) is 11.0. The molecule has 0 aromatic heterocycles. The average molecular weight is 310 g/mol. The number of anilines is 1. The minimum atomic E-state index is -4.30. The first-order valence-corrected chi connectivity index (χ1v) is 6.98. The highest BCUT2D eigenvalue weighted by atomic mass is 32.2. The molecule has 0 spiro atoms. The summed E-state index contributed by atoms with van der Waals surface area (Å²) in [5.41, 5.74) is 4.94. The lowest BCUT2D eigenvalue weighted by atomic mass is 10.3. The van der Waals surface area contributed by atoms with Crippen LogP contribution in [0.2, 0.25) is 0 Å². The number of aromatic hydroxyl groups is 1. The fourth-order valence-electron chi connectivity index (χ4n) is 1.53. The van der Waals surface area contributed by atoms with Crippen LogP contribution in [0.15, 0.2) is 47.4 Å². The molecule has 0 amide bonds. The fourth-order valence-corrected chi connectivity index (χ4v) is 2.50. The van der Waals surface area contributed by atoms with Gasteiger partial charge in [0.25, 0.3) is 0 Å². The first-order chi connectivity index (χ1) is 9.81. The van der Waals surface area contributed by atoms with Crippen LogP contribution in [0, 0.1) is 10.1 Å². The van der Waals surface area contributed by atoms with Crippen LogP contribution in [0.5, 0.6) is 11.5 Å². The van der Waals surface area contributed by atoms with Gasteiger partial charge in [-0.25, -0.2) is 0 Å². The molecule has 21 heavy (non-hydrogen) atoms. The molecular formula is C12H10N2O6S. The average Bonchev–Trinajstić information content (AvgIpc) is 2.41. The summed E-state index contributed by atoms with van der Waals surface area (Å²) < 4.78 is 29.0. The number of nitro benzene ring substituents is 1. The van der Waals surface area contributed by atoms with Gasteiger partial charge in [0.05, 0.1) is 10.6 Å². The summed E-state index contributed by atoms with van der Waals surface area (Å²) >= 11 is 0. The molecule has 0 aliphatic carbocycles. The highest BCUT2D eigenvalue weighted by Gasteiger charge is 2.23. The molecule has 2 aromatic carbocycles. The number of para-hydroxylation sites is 2. The highest BCUT2D eigenvalue weighted by molar-refractivity contribution is 7.87. The number of phenols is 1. The summed E-state index contributed by atoms with van der Waals surface area (Å²) in [4.78, 5) is 9.34. The van der Waals surface area contributed by atoms with Gasteiger partial charge in [0.1, 0.15) is 4.90 Å². The van der Waals surface area contributed by atoms with Crippen molar-refractivity contribution in [2.45, 2.75) is 4.90 Å². The zero-order valence-electron chi connectivity index (χ0n) is 10.5. The second kappa shape index (κ2) is 5.29. The van der Waals surface area contributed by atoms with E-state index < -0.39 is 31.4 Å². The summed E-state index contributed by atoms with van der Waals surface area (Å²) in [5, 5.41) is 20.0. The van der Waals surface area contributed by atoms with E-state index in [0.29, 0.717) is 6.07 Å². The third-order valence-electron chi connectivity index (χ3n) is 2.55. The van der Waals surface area contributed by atoms with E-state index in [1.54, 1.807) is 6.07 Å². The SMILES string of the molecule is Nc1ccccc1OS(=O)(=O)c1ccc(O)c([N+](=O)[O-])c1. The molecule has 0 aliphatic rings. The predicted molar refractivity (Wildman–Crippen MR) is 73.4 cm³/mol. The number of nitrogens with zero attached hydrogens (tertiary/aromatic N) is 1. The first-order valence-electron chi connectivity index (χ1n) is 5.57. The third-order valence-corrected chi connectivity index (χ3v) is 3.78. The number of hydrogen-bond donors (Lipinski definition) is 2. The standard InChI is InChI=1S/C12H10N2O6S/c13-9-3-1-2-4-12(9)20-21(18,19)8-5-6-11(15)10(7-8)14(16)17/h1-7,15H,13H2. The number of nitro groups is 1. The van der Waals surface area contributed by atoms with E-state index in [0.717, 1.165) is 12.1 Å². The Hall–Kier alpha value is -2.81. The number of nitrogen functional groups attached to an aromatic ring is 1. The van der Waals surface area contributed by atoms with Gasteiger partial charge in [-0.1, -0.05) is 12.1 Å². The van der Waals surface area contributed by atoms with E-state index in [2.05, 4.69) is 0 Å². The largest absolute Gasteiger partial charge is 0.502 e. The lowest BCUT2D eigenvalue weighted by Crippen LogP contribution is -2.11. The lowest BCUT2D eigenvalue weighted by Gasteiger charge is -2.09. The van der Waals surface area contributed by atoms with Crippen molar-refractivity contribution in [1.82, 2.24) is 0 Å². The van der Waals surface area contributed by atoms with Crippen molar-refractivity contribution < 1.29 is 22.6 Å². The van der Waals surface area contributed by atoms with Gasteiger partial charge in [-0.2, -0.15) is 8.42 Å². The van der Waals surface area contributed by atoms with E-state index in [-0.39, 0.29) is 11.4 Å². The molecule has 3 N–H and O–H groups in total. The Kier molecular flexibility index (Phi) is 3.68.